The molecule has 0 amide bonds. The van der Waals surface area contributed by atoms with Crippen LogP contribution in [0.2, 0.25) is 0 Å². The molecule has 4 rings (SSSR count). The van der Waals surface area contributed by atoms with Crippen molar-refractivity contribution in [3.8, 4) is 0 Å². The highest BCUT2D eigenvalue weighted by Gasteiger charge is 2.33. The predicted molar refractivity (Wildman–Crippen MR) is 118 cm³/mol. The van der Waals surface area contributed by atoms with Crippen molar-refractivity contribution in [3.63, 3.8) is 0 Å². The van der Waals surface area contributed by atoms with Gasteiger partial charge < -0.3 is 9.47 Å². The monoisotopic (exact) mass is 454 g/mol. The van der Waals surface area contributed by atoms with Gasteiger partial charge in [0.2, 0.25) is 0 Å². The highest BCUT2D eigenvalue weighted by Crippen LogP contribution is 2.32. The number of thiophene rings is 1. The van der Waals surface area contributed by atoms with Crippen LogP contribution in [0.15, 0.2) is 62.8 Å². The number of hydrogen-bond donors (Lipinski definition) is 0. The molecule has 2 aromatic heterocycles. The van der Waals surface area contributed by atoms with Crippen molar-refractivity contribution in [2.45, 2.75) is 13.0 Å². The second-order valence-corrected chi connectivity index (χ2v) is 8.69. The SMILES string of the molecule is COC(=O)C1=C(C)N=c2s/c(=C\c3ccc(C(=O)OC)cc3)c(=O)n2[C@@H]1c1cccs1. The third kappa shape index (κ3) is 3.77. The summed E-state index contributed by atoms with van der Waals surface area (Å²) >= 11 is 2.72. The number of allylic oxidation sites excluding steroid dienone is 1. The third-order valence-electron chi connectivity index (χ3n) is 4.87. The van der Waals surface area contributed by atoms with Gasteiger partial charge in [0.15, 0.2) is 4.80 Å². The van der Waals surface area contributed by atoms with Crippen LogP contribution in [0.5, 0.6) is 0 Å². The molecule has 0 unspecified atom stereocenters. The molecule has 3 heterocycles. The van der Waals surface area contributed by atoms with E-state index >= 15 is 0 Å². The van der Waals surface area contributed by atoms with E-state index in [4.69, 9.17) is 9.47 Å². The molecule has 0 aliphatic carbocycles. The number of fused-ring (bicyclic) bond motifs is 1. The Morgan fingerprint density at radius 3 is 2.42 bits per heavy atom. The van der Waals surface area contributed by atoms with E-state index in [0.717, 1.165) is 10.4 Å². The summed E-state index contributed by atoms with van der Waals surface area (Å²) in [5, 5.41) is 1.90. The second-order valence-electron chi connectivity index (χ2n) is 6.70. The summed E-state index contributed by atoms with van der Waals surface area (Å²) < 4.78 is 11.7. The molecule has 9 heteroatoms. The van der Waals surface area contributed by atoms with Crippen LogP contribution in [0, 0.1) is 0 Å². The zero-order chi connectivity index (χ0) is 22.1. The third-order valence-corrected chi connectivity index (χ3v) is 6.78. The van der Waals surface area contributed by atoms with Gasteiger partial charge in [-0.1, -0.05) is 29.5 Å². The smallest absolute Gasteiger partial charge is 0.338 e. The van der Waals surface area contributed by atoms with Gasteiger partial charge in [-0.25, -0.2) is 14.6 Å². The highest BCUT2D eigenvalue weighted by atomic mass is 32.1. The minimum absolute atomic E-state index is 0.243. The van der Waals surface area contributed by atoms with Gasteiger partial charge in [0, 0.05) is 4.88 Å². The molecule has 3 aromatic rings. The molecular formula is C22H18N2O5S2. The van der Waals surface area contributed by atoms with Gasteiger partial charge in [0.1, 0.15) is 6.04 Å². The Bertz CT molecular complexity index is 1360. The maximum Gasteiger partial charge on any atom is 0.338 e. The Kier molecular flexibility index (Phi) is 5.71. The fourth-order valence-corrected chi connectivity index (χ4v) is 5.26. The number of rotatable bonds is 4. The molecule has 7 nitrogen and oxygen atoms in total. The maximum absolute atomic E-state index is 13.3. The van der Waals surface area contributed by atoms with E-state index in [0.29, 0.717) is 26.2 Å². The molecule has 1 aliphatic heterocycles. The molecule has 0 spiro atoms. The van der Waals surface area contributed by atoms with E-state index in [1.165, 1.54) is 36.9 Å². The number of carbonyl (C=O) groups is 2. The minimum atomic E-state index is -0.590. The fourth-order valence-electron chi connectivity index (χ4n) is 3.39. The fraction of sp³-hybridized carbons (Fsp3) is 0.182. The summed E-state index contributed by atoms with van der Waals surface area (Å²) in [7, 11) is 2.64. The molecule has 0 saturated heterocycles. The van der Waals surface area contributed by atoms with Gasteiger partial charge in [-0.3, -0.25) is 9.36 Å². The zero-order valence-corrected chi connectivity index (χ0v) is 18.6. The molecule has 158 valence electrons. The van der Waals surface area contributed by atoms with Crippen LogP contribution in [0.3, 0.4) is 0 Å². The Morgan fingerprint density at radius 1 is 1.10 bits per heavy atom. The summed E-state index contributed by atoms with van der Waals surface area (Å²) in [4.78, 5) is 43.4. The topological polar surface area (TPSA) is 87.0 Å². The largest absolute Gasteiger partial charge is 0.466 e. The first-order chi connectivity index (χ1) is 14.9. The van der Waals surface area contributed by atoms with Crippen molar-refractivity contribution in [3.05, 3.63) is 88.7 Å². The van der Waals surface area contributed by atoms with E-state index in [1.807, 2.05) is 17.5 Å². The average molecular weight is 455 g/mol. The molecule has 0 saturated carbocycles. The Morgan fingerprint density at radius 2 is 1.81 bits per heavy atom. The van der Waals surface area contributed by atoms with Gasteiger partial charge in [-0.05, 0) is 42.1 Å². The molecule has 0 radical (unpaired) electrons. The van der Waals surface area contributed by atoms with Crippen molar-refractivity contribution in [2.75, 3.05) is 14.2 Å². The molecule has 0 N–H and O–H groups in total. The van der Waals surface area contributed by atoms with Crippen LogP contribution in [-0.4, -0.2) is 30.7 Å². The first-order valence-corrected chi connectivity index (χ1v) is 11.0. The van der Waals surface area contributed by atoms with E-state index in [1.54, 1.807) is 41.8 Å². The molecule has 0 fully saturated rings. The van der Waals surface area contributed by atoms with Gasteiger partial charge in [-0.2, -0.15) is 0 Å². The first-order valence-electron chi connectivity index (χ1n) is 9.27. The Labute approximate surface area is 185 Å². The lowest BCUT2D eigenvalue weighted by molar-refractivity contribution is -0.136. The standard InChI is InChI=1S/C22H18N2O5S2/c1-12-17(21(27)29-3)18(15-5-4-10-30-15)24-19(25)16(31-22(24)23-12)11-13-6-8-14(9-7-13)20(26)28-2/h4-11,18H,1-3H3/b16-11-/t18-/m1/s1. The van der Waals surface area contributed by atoms with E-state index in [-0.39, 0.29) is 5.56 Å². The number of nitrogens with zero attached hydrogens (tertiary/aromatic N) is 2. The van der Waals surface area contributed by atoms with Crippen molar-refractivity contribution < 1.29 is 19.1 Å². The van der Waals surface area contributed by atoms with Crippen molar-refractivity contribution in [1.82, 2.24) is 4.57 Å². The summed E-state index contributed by atoms with van der Waals surface area (Å²) in [6, 6.07) is 9.94. The normalized spacial score (nSPS) is 16.0. The van der Waals surface area contributed by atoms with Crippen LogP contribution in [0.1, 0.15) is 33.8 Å². The molecule has 1 aromatic carbocycles. The molecule has 31 heavy (non-hydrogen) atoms. The number of hydrogen-bond acceptors (Lipinski definition) is 8. The summed E-state index contributed by atoms with van der Waals surface area (Å²) in [5.41, 5.74) is 1.83. The number of ether oxygens (including phenoxy) is 2. The lowest BCUT2D eigenvalue weighted by atomic mass is 10.0. The molecule has 0 bridgehead atoms. The average Bonchev–Trinajstić information content (AvgIpc) is 3.41. The Balaban J connectivity index is 1.87. The predicted octanol–water partition coefficient (Wildman–Crippen LogP) is 2.26. The number of methoxy groups -OCH3 is 2. The number of esters is 2. The second kappa shape index (κ2) is 8.44. The van der Waals surface area contributed by atoms with Gasteiger partial charge in [0.05, 0.1) is 35.6 Å². The molecule has 1 aliphatic rings. The van der Waals surface area contributed by atoms with Crippen LogP contribution < -0.4 is 14.9 Å². The van der Waals surface area contributed by atoms with Crippen LogP contribution in [0.25, 0.3) is 6.08 Å². The lowest BCUT2D eigenvalue weighted by Gasteiger charge is -2.22. The van der Waals surface area contributed by atoms with Gasteiger partial charge >= 0.3 is 11.9 Å². The highest BCUT2D eigenvalue weighted by molar-refractivity contribution is 7.10. The number of benzene rings is 1. The van der Waals surface area contributed by atoms with Crippen molar-refractivity contribution in [2.24, 2.45) is 4.99 Å². The summed E-state index contributed by atoms with van der Waals surface area (Å²) in [5.74, 6) is -0.931. The number of aromatic nitrogens is 1. The van der Waals surface area contributed by atoms with Crippen LogP contribution in [0.4, 0.5) is 0 Å². The van der Waals surface area contributed by atoms with E-state index in [9.17, 15) is 14.4 Å². The van der Waals surface area contributed by atoms with Crippen LogP contribution in [-0.2, 0) is 14.3 Å². The quantitative estimate of drug-likeness (QED) is 0.565. The molecular weight excluding hydrogens is 436 g/mol. The van der Waals surface area contributed by atoms with E-state index in [2.05, 4.69) is 4.99 Å². The van der Waals surface area contributed by atoms with Crippen LogP contribution >= 0.6 is 22.7 Å². The van der Waals surface area contributed by atoms with Gasteiger partial charge in [-0.15, -0.1) is 11.3 Å². The first kappa shape index (κ1) is 21.0. The maximum atomic E-state index is 13.3. The minimum Gasteiger partial charge on any atom is -0.466 e. The Hall–Kier alpha value is -3.30. The zero-order valence-electron chi connectivity index (χ0n) is 16.9. The number of thiazole rings is 1. The van der Waals surface area contributed by atoms with Gasteiger partial charge in [0.25, 0.3) is 5.56 Å². The molecule has 1 atom stereocenters. The lowest BCUT2D eigenvalue weighted by Crippen LogP contribution is -2.39. The van der Waals surface area contributed by atoms with E-state index < -0.39 is 18.0 Å². The van der Waals surface area contributed by atoms with Crippen molar-refractivity contribution in [1.29, 1.82) is 0 Å². The summed E-state index contributed by atoms with van der Waals surface area (Å²) in [6.07, 6.45) is 1.74. The summed E-state index contributed by atoms with van der Waals surface area (Å²) in [6.45, 7) is 1.75. The van der Waals surface area contributed by atoms with Crippen molar-refractivity contribution >= 4 is 40.7 Å². The number of carbonyl (C=O) groups excluding carboxylic acids is 2.